The molecule has 0 spiro atoms. The number of halogens is 1. The Balaban J connectivity index is 2.23. The molecule has 1 heterocycles. The van der Waals surface area contributed by atoms with Gasteiger partial charge in [0.2, 0.25) is 0 Å². The van der Waals surface area contributed by atoms with Gasteiger partial charge < -0.3 is 14.9 Å². The van der Waals surface area contributed by atoms with Gasteiger partial charge in [-0.25, -0.2) is 0 Å². The number of ether oxygens (including phenoxy) is 1. The van der Waals surface area contributed by atoms with Crippen LogP contribution in [0.4, 0.5) is 0 Å². The van der Waals surface area contributed by atoms with Crippen LogP contribution in [0.25, 0.3) is 0 Å². The Morgan fingerprint density at radius 2 is 2.00 bits per heavy atom. The molecular formula is C14H16BrNO2. The second-order valence-electron chi connectivity index (χ2n) is 4.23. The van der Waals surface area contributed by atoms with Crippen LogP contribution in [-0.4, -0.2) is 6.54 Å². The van der Waals surface area contributed by atoms with Crippen molar-refractivity contribution in [3.63, 3.8) is 0 Å². The van der Waals surface area contributed by atoms with E-state index in [1.165, 1.54) is 0 Å². The van der Waals surface area contributed by atoms with Crippen LogP contribution in [0.5, 0.6) is 5.75 Å². The summed E-state index contributed by atoms with van der Waals surface area (Å²) in [7, 11) is 0. The fraction of sp³-hybridized carbons (Fsp3) is 0.286. The third-order valence-electron chi connectivity index (χ3n) is 2.76. The van der Waals surface area contributed by atoms with E-state index in [1.807, 2.05) is 38.1 Å². The molecule has 0 amide bonds. The second kappa shape index (κ2) is 5.59. The van der Waals surface area contributed by atoms with Crippen LogP contribution >= 0.6 is 15.9 Å². The van der Waals surface area contributed by atoms with E-state index in [0.29, 0.717) is 6.54 Å². The highest BCUT2D eigenvalue weighted by Gasteiger charge is 2.15. The maximum absolute atomic E-state index is 5.89. The number of nitrogens with two attached hydrogens (primary N) is 1. The zero-order valence-electron chi connectivity index (χ0n) is 10.4. The molecule has 1 aromatic carbocycles. The van der Waals surface area contributed by atoms with E-state index in [4.69, 9.17) is 14.9 Å². The summed E-state index contributed by atoms with van der Waals surface area (Å²) in [5, 5.41) is 0. The topological polar surface area (TPSA) is 48.4 Å². The molecule has 3 nitrogen and oxygen atoms in total. The van der Waals surface area contributed by atoms with Gasteiger partial charge in [0, 0.05) is 11.0 Å². The van der Waals surface area contributed by atoms with E-state index < -0.39 is 0 Å². The summed E-state index contributed by atoms with van der Waals surface area (Å²) in [6, 6.07) is 7.68. The van der Waals surface area contributed by atoms with E-state index in [2.05, 4.69) is 15.9 Å². The van der Waals surface area contributed by atoms with E-state index in [-0.39, 0.29) is 6.10 Å². The largest absolute Gasteiger partial charge is 0.481 e. The average Bonchev–Trinajstić information content (AvgIpc) is 2.86. The summed E-state index contributed by atoms with van der Waals surface area (Å²) in [5.74, 6) is 1.55. The maximum Gasteiger partial charge on any atom is 0.168 e. The Hall–Kier alpha value is -1.26. The lowest BCUT2D eigenvalue weighted by atomic mass is 10.1. The summed E-state index contributed by atoms with van der Waals surface area (Å²) >= 11 is 3.54. The van der Waals surface area contributed by atoms with Crippen LogP contribution in [0.3, 0.4) is 0 Å². The standard InChI is InChI=1S/C14H16BrNO2/c1-9-6-11(7-10(2)14(9)15)18-13(8-16)12-4-3-5-17-12/h3-7,13H,8,16H2,1-2H3. The van der Waals surface area contributed by atoms with Gasteiger partial charge in [0.15, 0.2) is 6.10 Å². The minimum absolute atomic E-state index is 0.250. The summed E-state index contributed by atoms with van der Waals surface area (Å²) in [6.45, 7) is 4.45. The van der Waals surface area contributed by atoms with E-state index >= 15 is 0 Å². The normalized spacial score (nSPS) is 12.4. The molecule has 0 aliphatic heterocycles. The van der Waals surface area contributed by atoms with Crippen molar-refractivity contribution in [3.8, 4) is 5.75 Å². The molecule has 96 valence electrons. The quantitative estimate of drug-likeness (QED) is 0.936. The van der Waals surface area contributed by atoms with Crippen molar-refractivity contribution in [2.24, 2.45) is 5.73 Å². The first-order valence-electron chi connectivity index (χ1n) is 5.78. The van der Waals surface area contributed by atoms with Gasteiger partial charge >= 0.3 is 0 Å². The number of rotatable bonds is 4. The summed E-state index contributed by atoms with van der Waals surface area (Å²) < 4.78 is 12.3. The van der Waals surface area contributed by atoms with Crippen LogP contribution in [0.1, 0.15) is 23.0 Å². The van der Waals surface area contributed by atoms with E-state index in [0.717, 1.165) is 27.1 Å². The van der Waals surface area contributed by atoms with Crippen LogP contribution in [0.15, 0.2) is 39.4 Å². The predicted molar refractivity (Wildman–Crippen MR) is 74.7 cm³/mol. The highest BCUT2D eigenvalue weighted by atomic mass is 79.9. The summed E-state index contributed by atoms with van der Waals surface area (Å²) in [5.41, 5.74) is 8.00. The molecule has 0 aliphatic carbocycles. The van der Waals surface area contributed by atoms with Crippen molar-refractivity contribution in [2.45, 2.75) is 20.0 Å². The molecule has 0 radical (unpaired) electrons. The Morgan fingerprint density at radius 1 is 1.33 bits per heavy atom. The molecule has 4 heteroatoms. The first-order chi connectivity index (χ1) is 8.61. The minimum Gasteiger partial charge on any atom is -0.481 e. The van der Waals surface area contributed by atoms with Gasteiger partial charge in [0.05, 0.1) is 6.26 Å². The van der Waals surface area contributed by atoms with Crippen molar-refractivity contribution in [1.29, 1.82) is 0 Å². The Bertz CT molecular complexity index is 500. The van der Waals surface area contributed by atoms with Crippen molar-refractivity contribution < 1.29 is 9.15 Å². The molecule has 1 atom stereocenters. The molecule has 0 aliphatic rings. The van der Waals surface area contributed by atoms with Crippen LogP contribution in [0.2, 0.25) is 0 Å². The number of furan rings is 1. The van der Waals surface area contributed by atoms with Crippen molar-refractivity contribution >= 4 is 15.9 Å². The van der Waals surface area contributed by atoms with Crippen LogP contribution < -0.4 is 10.5 Å². The van der Waals surface area contributed by atoms with E-state index in [1.54, 1.807) is 6.26 Å². The lowest BCUT2D eigenvalue weighted by Crippen LogP contribution is -2.18. The third-order valence-corrected chi connectivity index (χ3v) is 4.01. The first kappa shape index (κ1) is 13.2. The molecule has 0 fully saturated rings. The van der Waals surface area contributed by atoms with Gasteiger partial charge in [0.1, 0.15) is 11.5 Å². The molecule has 18 heavy (non-hydrogen) atoms. The zero-order chi connectivity index (χ0) is 13.1. The van der Waals surface area contributed by atoms with Gasteiger partial charge in [-0.05, 0) is 49.2 Å². The molecule has 2 aromatic rings. The van der Waals surface area contributed by atoms with Gasteiger partial charge in [-0.1, -0.05) is 15.9 Å². The predicted octanol–water partition coefficient (Wildman–Crippen LogP) is 3.74. The number of benzene rings is 1. The lowest BCUT2D eigenvalue weighted by Gasteiger charge is -2.16. The number of hydrogen-bond donors (Lipinski definition) is 1. The molecule has 2 N–H and O–H groups in total. The monoisotopic (exact) mass is 309 g/mol. The summed E-state index contributed by atoms with van der Waals surface area (Å²) in [6.07, 6.45) is 1.37. The van der Waals surface area contributed by atoms with Gasteiger partial charge in [0.25, 0.3) is 0 Å². The lowest BCUT2D eigenvalue weighted by molar-refractivity contribution is 0.184. The second-order valence-corrected chi connectivity index (χ2v) is 5.02. The summed E-state index contributed by atoms with van der Waals surface area (Å²) in [4.78, 5) is 0. The Labute approximate surface area is 115 Å². The van der Waals surface area contributed by atoms with Crippen molar-refractivity contribution in [1.82, 2.24) is 0 Å². The van der Waals surface area contributed by atoms with Gasteiger partial charge in [-0.15, -0.1) is 0 Å². The fourth-order valence-corrected chi connectivity index (χ4v) is 2.06. The van der Waals surface area contributed by atoms with E-state index in [9.17, 15) is 0 Å². The molecule has 0 bridgehead atoms. The van der Waals surface area contributed by atoms with Gasteiger partial charge in [-0.2, -0.15) is 0 Å². The Morgan fingerprint density at radius 3 is 2.50 bits per heavy atom. The number of hydrogen-bond acceptors (Lipinski definition) is 3. The molecule has 1 aromatic heterocycles. The third kappa shape index (κ3) is 2.76. The minimum atomic E-state index is -0.250. The SMILES string of the molecule is Cc1cc(OC(CN)c2ccco2)cc(C)c1Br. The van der Waals surface area contributed by atoms with Crippen molar-refractivity contribution in [2.75, 3.05) is 6.54 Å². The van der Waals surface area contributed by atoms with Crippen LogP contribution in [0, 0.1) is 13.8 Å². The molecule has 1 unspecified atom stereocenters. The first-order valence-corrected chi connectivity index (χ1v) is 6.58. The Kier molecular flexibility index (Phi) is 4.09. The smallest absolute Gasteiger partial charge is 0.168 e. The van der Waals surface area contributed by atoms with Crippen LogP contribution in [-0.2, 0) is 0 Å². The fourth-order valence-electron chi connectivity index (χ4n) is 1.84. The molecule has 0 saturated carbocycles. The highest BCUT2D eigenvalue weighted by Crippen LogP contribution is 2.29. The highest BCUT2D eigenvalue weighted by molar-refractivity contribution is 9.10. The zero-order valence-corrected chi connectivity index (χ0v) is 12.0. The maximum atomic E-state index is 5.89. The molecule has 2 rings (SSSR count). The average molecular weight is 310 g/mol. The van der Waals surface area contributed by atoms with Crippen molar-refractivity contribution in [3.05, 3.63) is 51.9 Å². The number of aryl methyl sites for hydroxylation is 2. The molecular weight excluding hydrogens is 294 g/mol. The van der Waals surface area contributed by atoms with Gasteiger partial charge in [-0.3, -0.25) is 0 Å². The molecule has 0 saturated heterocycles.